The normalized spacial score (nSPS) is 25.3. The summed E-state index contributed by atoms with van der Waals surface area (Å²) in [5.41, 5.74) is 1.59. The second-order valence-electron chi connectivity index (χ2n) is 7.87. The lowest BCUT2D eigenvalue weighted by molar-refractivity contribution is -0.132. The summed E-state index contributed by atoms with van der Waals surface area (Å²) in [5, 5.41) is 10.5. The zero-order valence-corrected chi connectivity index (χ0v) is 17.5. The van der Waals surface area contributed by atoms with E-state index in [4.69, 9.17) is 11.6 Å². The summed E-state index contributed by atoms with van der Waals surface area (Å²) in [6.07, 6.45) is 7.62. The third-order valence-electron chi connectivity index (χ3n) is 5.89. The number of halogens is 1. The van der Waals surface area contributed by atoms with E-state index in [1.807, 2.05) is 18.7 Å². The van der Waals surface area contributed by atoms with Gasteiger partial charge in [-0.2, -0.15) is 0 Å². The molecule has 11 heteroatoms. The van der Waals surface area contributed by atoms with Crippen LogP contribution in [0.15, 0.2) is 29.7 Å². The zero-order valence-electron chi connectivity index (χ0n) is 16.8. The molecule has 3 aliphatic heterocycles. The standard InChI is InChI=1S/C19H22ClN9O/c1-12-16(20)13(2)25-19(24-12)27-10-14-8-26(9-15(14)11-27)18(30)17-21-4-3-7-28(17)29-22-5-6-23-29/h3-7,14-15,17H,8-11H2,1-2H3. The zero-order chi connectivity index (χ0) is 20.8. The van der Waals surface area contributed by atoms with Crippen molar-refractivity contribution in [2.45, 2.75) is 20.0 Å². The Morgan fingerprint density at radius 1 is 1.03 bits per heavy atom. The molecule has 0 bridgehead atoms. The quantitative estimate of drug-likeness (QED) is 0.714. The van der Waals surface area contributed by atoms with E-state index in [2.05, 4.69) is 30.1 Å². The van der Waals surface area contributed by atoms with Gasteiger partial charge in [0.25, 0.3) is 5.91 Å². The third kappa shape index (κ3) is 3.20. The van der Waals surface area contributed by atoms with E-state index in [9.17, 15) is 4.79 Å². The number of aliphatic imine (C=N–C) groups is 1. The van der Waals surface area contributed by atoms with Gasteiger partial charge in [-0.05, 0) is 19.9 Å². The number of allylic oxidation sites excluding steroid dienone is 1. The largest absolute Gasteiger partial charge is 0.340 e. The Kier molecular flexibility index (Phi) is 4.65. The lowest BCUT2D eigenvalue weighted by Gasteiger charge is -2.30. The van der Waals surface area contributed by atoms with Crippen molar-refractivity contribution in [1.29, 1.82) is 0 Å². The van der Waals surface area contributed by atoms with Gasteiger partial charge in [0.05, 0.1) is 28.8 Å². The Labute approximate surface area is 178 Å². The highest BCUT2D eigenvalue weighted by molar-refractivity contribution is 6.31. The van der Waals surface area contributed by atoms with Crippen LogP contribution in [0.3, 0.4) is 0 Å². The van der Waals surface area contributed by atoms with Crippen LogP contribution in [0.4, 0.5) is 5.95 Å². The van der Waals surface area contributed by atoms with E-state index in [-0.39, 0.29) is 5.91 Å². The Bertz CT molecular complexity index is 984. The van der Waals surface area contributed by atoms with Crippen LogP contribution in [0.1, 0.15) is 11.4 Å². The Morgan fingerprint density at radius 3 is 2.30 bits per heavy atom. The topological polar surface area (TPSA) is 95.6 Å². The molecule has 2 aromatic rings. The van der Waals surface area contributed by atoms with Crippen LogP contribution in [0, 0.1) is 25.7 Å². The molecule has 5 heterocycles. The fourth-order valence-electron chi connectivity index (χ4n) is 4.40. The van der Waals surface area contributed by atoms with Crippen LogP contribution < -0.4 is 9.91 Å². The maximum Gasteiger partial charge on any atom is 0.269 e. The maximum atomic E-state index is 13.2. The SMILES string of the molecule is Cc1nc(N2CC3CN(C(=O)C4N=CC=CN4n4nccn4)CC3C2)nc(C)c1Cl. The molecule has 3 unspecified atom stereocenters. The fourth-order valence-corrected chi connectivity index (χ4v) is 4.48. The molecule has 1 amide bonds. The molecule has 2 fully saturated rings. The predicted molar refractivity (Wildman–Crippen MR) is 112 cm³/mol. The maximum absolute atomic E-state index is 13.2. The third-order valence-corrected chi connectivity index (χ3v) is 6.44. The Morgan fingerprint density at radius 2 is 1.67 bits per heavy atom. The molecule has 0 aromatic carbocycles. The number of nitrogens with zero attached hydrogens (tertiary/aromatic N) is 9. The van der Waals surface area contributed by atoms with Crippen molar-refractivity contribution in [2.24, 2.45) is 16.8 Å². The smallest absolute Gasteiger partial charge is 0.269 e. The van der Waals surface area contributed by atoms with E-state index >= 15 is 0 Å². The highest BCUT2D eigenvalue weighted by Crippen LogP contribution is 2.34. The summed E-state index contributed by atoms with van der Waals surface area (Å²) in [5.74, 6) is 1.45. The lowest BCUT2D eigenvalue weighted by atomic mass is 10.0. The first-order valence-corrected chi connectivity index (χ1v) is 10.3. The molecule has 10 nitrogen and oxygen atoms in total. The number of carbonyl (C=O) groups is 1. The molecule has 0 radical (unpaired) electrons. The summed E-state index contributed by atoms with van der Waals surface area (Å²) < 4.78 is 0. The fraction of sp³-hybridized carbons (Fsp3) is 0.474. The summed E-state index contributed by atoms with van der Waals surface area (Å²) in [4.78, 5) is 32.2. The highest BCUT2D eigenvalue weighted by atomic mass is 35.5. The molecule has 2 aromatic heterocycles. The molecule has 0 saturated carbocycles. The van der Waals surface area contributed by atoms with E-state index in [1.54, 1.807) is 35.9 Å². The first kappa shape index (κ1) is 19.0. The molecule has 30 heavy (non-hydrogen) atoms. The van der Waals surface area contributed by atoms with Gasteiger partial charge >= 0.3 is 0 Å². The number of amides is 1. The second-order valence-corrected chi connectivity index (χ2v) is 8.25. The number of aryl methyl sites for hydroxylation is 2. The van der Waals surface area contributed by atoms with Crippen LogP contribution >= 0.6 is 11.6 Å². The van der Waals surface area contributed by atoms with Gasteiger partial charge in [-0.3, -0.25) is 9.79 Å². The first-order valence-electron chi connectivity index (χ1n) is 9.90. The van der Waals surface area contributed by atoms with Gasteiger partial charge in [0.1, 0.15) is 0 Å². The molecule has 5 rings (SSSR count). The minimum absolute atomic E-state index is 0.0386. The van der Waals surface area contributed by atoms with Crippen molar-refractivity contribution >= 4 is 29.7 Å². The van der Waals surface area contributed by atoms with Crippen molar-refractivity contribution in [3.8, 4) is 0 Å². The number of hydrogen-bond acceptors (Lipinski definition) is 8. The van der Waals surface area contributed by atoms with Gasteiger partial charge in [-0.25, -0.2) is 15.0 Å². The molecular weight excluding hydrogens is 406 g/mol. The number of fused-ring (bicyclic) bond motifs is 1. The first-order chi connectivity index (χ1) is 14.5. The van der Waals surface area contributed by atoms with Crippen LogP contribution in [0.5, 0.6) is 0 Å². The molecular formula is C19H22ClN9O. The number of anilines is 1. The van der Waals surface area contributed by atoms with Gasteiger partial charge in [0.15, 0.2) is 0 Å². The predicted octanol–water partition coefficient (Wildman–Crippen LogP) is 0.795. The molecule has 0 spiro atoms. The molecule has 2 saturated heterocycles. The van der Waals surface area contributed by atoms with Gasteiger partial charge in [0, 0.05) is 50.4 Å². The average Bonchev–Trinajstić information content (AvgIpc) is 3.47. The Hall–Kier alpha value is -3.01. The highest BCUT2D eigenvalue weighted by Gasteiger charge is 2.44. The number of aromatic nitrogens is 5. The number of rotatable bonds is 3. The summed E-state index contributed by atoms with van der Waals surface area (Å²) in [7, 11) is 0. The molecule has 0 N–H and O–H groups in total. The van der Waals surface area contributed by atoms with Crippen molar-refractivity contribution < 1.29 is 4.79 Å². The lowest BCUT2D eigenvalue weighted by Crippen LogP contribution is -2.51. The van der Waals surface area contributed by atoms with Gasteiger partial charge in [-0.1, -0.05) is 16.5 Å². The number of hydrogen-bond donors (Lipinski definition) is 0. The van der Waals surface area contributed by atoms with Crippen molar-refractivity contribution in [3.63, 3.8) is 0 Å². The minimum atomic E-state index is -0.692. The second kappa shape index (κ2) is 7.35. The summed E-state index contributed by atoms with van der Waals surface area (Å²) >= 11 is 6.21. The summed E-state index contributed by atoms with van der Waals surface area (Å²) in [6.45, 7) is 6.85. The van der Waals surface area contributed by atoms with Crippen LogP contribution in [0.25, 0.3) is 0 Å². The molecule has 3 atom stereocenters. The van der Waals surface area contributed by atoms with E-state index in [0.717, 1.165) is 30.4 Å². The number of likely N-dealkylation sites (tertiary alicyclic amines) is 1. The molecule has 156 valence electrons. The van der Waals surface area contributed by atoms with Crippen molar-refractivity contribution in [2.75, 3.05) is 36.1 Å². The van der Waals surface area contributed by atoms with Crippen LogP contribution in [0.2, 0.25) is 5.02 Å². The van der Waals surface area contributed by atoms with Crippen molar-refractivity contribution in [1.82, 2.24) is 30.0 Å². The van der Waals surface area contributed by atoms with E-state index in [0.29, 0.717) is 29.9 Å². The number of carbonyl (C=O) groups excluding carboxylic acids is 1. The van der Waals surface area contributed by atoms with E-state index < -0.39 is 6.17 Å². The molecule has 0 aliphatic carbocycles. The van der Waals surface area contributed by atoms with Gasteiger partial charge in [-0.15, -0.1) is 10.2 Å². The van der Waals surface area contributed by atoms with Crippen molar-refractivity contribution in [3.05, 3.63) is 41.1 Å². The molecule has 3 aliphatic rings. The van der Waals surface area contributed by atoms with Gasteiger partial charge < -0.3 is 9.80 Å². The monoisotopic (exact) mass is 427 g/mol. The summed E-state index contributed by atoms with van der Waals surface area (Å²) in [6, 6.07) is 0. The minimum Gasteiger partial charge on any atom is -0.340 e. The van der Waals surface area contributed by atoms with Crippen LogP contribution in [-0.4, -0.2) is 74.4 Å². The Balaban J connectivity index is 1.27. The van der Waals surface area contributed by atoms with Gasteiger partial charge in [0.2, 0.25) is 12.1 Å². The van der Waals surface area contributed by atoms with E-state index in [1.165, 1.54) is 4.91 Å². The average molecular weight is 428 g/mol. The van der Waals surface area contributed by atoms with Crippen LogP contribution in [-0.2, 0) is 4.79 Å².